The summed E-state index contributed by atoms with van der Waals surface area (Å²) in [6.07, 6.45) is 5.21. The molecule has 1 N–H and O–H groups in total. The zero-order chi connectivity index (χ0) is 9.52. The Bertz CT molecular complexity index is 281. The van der Waals surface area contributed by atoms with Gasteiger partial charge >= 0.3 is 0 Å². The Morgan fingerprint density at radius 1 is 1.38 bits per heavy atom. The molecular weight excluding hydrogens is 182 g/mol. The van der Waals surface area contributed by atoms with E-state index in [1.807, 2.05) is 31.3 Å². The van der Waals surface area contributed by atoms with Crippen LogP contribution in [0.2, 0.25) is 5.02 Å². The first-order valence-electron chi connectivity index (χ1n) is 4.40. The van der Waals surface area contributed by atoms with Crippen molar-refractivity contribution in [2.75, 3.05) is 13.6 Å². The highest BCUT2D eigenvalue weighted by atomic mass is 35.5. The van der Waals surface area contributed by atoms with E-state index in [0.717, 1.165) is 23.6 Å². The van der Waals surface area contributed by atoms with Crippen molar-refractivity contribution in [3.05, 3.63) is 40.9 Å². The number of hydrogen-bond donors (Lipinski definition) is 1. The molecule has 0 amide bonds. The number of benzene rings is 1. The monoisotopic (exact) mass is 195 g/mol. The molecule has 0 atom stereocenters. The van der Waals surface area contributed by atoms with Crippen LogP contribution >= 0.6 is 11.6 Å². The van der Waals surface area contributed by atoms with E-state index in [1.54, 1.807) is 0 Å². The van der Waals surface area contributed by atoms with Crippen LogP contribution in [0.15, 0.2) is 30.3 Å². The summed E-state index contributed by atoms with van der Waals surface area (Å²) in [4.78, 5) is 0. The molecule has 1 nitrogen and oxygen atoms in total. The fraction of sp³-hybridized carbons (Fsp3) is 0.273. The van der Waals surface area contributed by atoms with E-state index in [2.05, 4.69) is 17.5 Å². The van der Waals surface area contributed by atoms with E-state index in [1.165, 1.54) is 0 Å². The normalized spacial score (nSPS) is 10.9. The van der Waals surface area contributed by atoms with E-state index in [9.17, 15) is 0 Å². The molecule has 0 bridgehead atoms. The number of hydrogen-bond acceptors (Lipinski definition) is 1. The molecule has 0 heterocycles. The Kier molecular flexibility index (Phi) is 4.58. The molecule has 1 aromatic carbocycles. The van der Waals surface area contributed by atoms with Crippen LogP contribution in [0.5, 0.6) is 0 Å². The average molecular weight is 196 g/mol. The highest BCUT2D eigenvalue weighted by molar-refractivity contribution is 6.32. The van der Waals surface area contributed by atoms with E-state index < -0.39 is 0 Å². The molecule has 13 heavy (non-hydrogen) atoms. The molecule has 0 aliphatic heterocycles. The van der Waals surface area contributed by atoms with Crippen LogP contribution in [0.3, 0.4) is 0 Å². The lowest BCUT2D eigenvalue weighted by Crippen LogP contribution is -2.05. The van der Waals surface area contributed by atoms with Crippen LogP contribution in [-0.4, -0.2) is 13.6 Å². The number of rotatable bonds is 4. The zero-order valence-electron chi connectivity index (χ0n) is 7.76. The third-order valence-electron chi connectivity index (χ3n) is 1.76. The minimum absolute atomic E-state index is 0.809. The molecule has 0 spiro atoms. The third-order valence-corrected chi connectivity index (χ3v) is 2.11. The molecule has 0 radical (unpaired) electrons. The summed E-state index contributed by atoms with van der Waals surface area (Å²) in [5, 5.41) is 3.89. The summed E-state index contributed by atoms with van der Waals surface area (Å²) < 4.78 is 0. The average Bonchev–Trinajstić information content (AvgIpc) is 2.15. The summed E-state index contributed by atoms with van der Waals surface area (Å²) >= 11 is 5.97. The third kappa shape index (κ3) is 3.62. The highest BCUT2D eigenvalue weighted by Crippen LogP contribution is 2.16. The fourth-order valence-corrected chi connectivity index (χ4v) is 1.25. The van der Waals surface area contributed by atoms with Gasteiger partial charge in [-0.2, -0.15) is 0 Å². The van der Waals surface area contributed by atoms with Crippen LogP contribution in [0.25, 0.3) is 6.08 Å². The van der Waals surface area contributed by atoms with Crippen LogP contribution in [0.1, 0.15) is 12.0 Å². The molecular formula is C11H14ClN. The summed E-state index contributed by atoms with van der Waals surface area (Å²) in [5.41, 5.74) is 1.08. The second-order valence-electron chi connectivity index (χ2n) is 2.82. The van der Waals surface area contributed by atoms with E-state index in [-0.39, 0.29) is 0 Å². The van der Waals surface area contributed by atoms with E-state index >= 15 is 0 Å². The Morgan fingerprint density at radius 2 is 2.15 bits per heavy atom. The maximum Gasteiger partial charge on any atom is 0.0478 e. The topological polar surface area (TPSA) is 12.0 Å². The highest BCUT2D eigenvalue weighted by Gasteiger charge is 1.91. The number of nitrogens with one attached hydrogen (secondary N) is 1. The van der Waals surface area contributed by atoms with E-state index in [4.69, 9.17) is 11.6 Å². The van der Waals surface area contributed by atoms with Crippen molar-refractivity contribution in [3.63, 3.8) is 0 Å². The Hall–Kier alpha value is -0.790. The van der Waals surface area contributed by atoms with Gasteiger partial charge < -0.3 is 5.32 Å². The summed E-state index contributed by atoms with van der Waals surface area (Å²) in [7, 11) is 1.95. The zero-order valence-corrected chi connectivity index (χ0v) is 8.51. The molecule has 2 heteroatoms. The quantitative estimate of drug-likeness (QED) is 0.729. The van der Waals surface area contributed by atoms with Gasteiger partial charge in [0.05, 0.1) is 0 Å². The molecule has 0 saturated heterocycles. The standard InChI is InChI=1S/C11H14ClN/c1-13-9-5-4-7-10-6-2-3-8-11(10)12/h2-4,6-8,13H,5,9H2,1H3. The minimum atomic E-state index is 0.809. The largest absolute Gasteiger partial charge is 0.319 e. The van der Waals surface area contributed by atoms with Crippen molar-refractivity contribution >= 4 is 17.7 Å². The van der Waals surface area contributed by atoms with Crippen LogP contribution in [-0.2, 0) is 0 Å². The lowest BCUT2D eigenvalue weighted by molar-refractivity contribution is 0.809. The molecule has 1 rings (SSSR count). The second kappa shape index (κ2) is 5.79. The Morgan fingerprint density at radius 3 is 2.85 bits per heavy atom. The molecule has 0 fully saturated rings. The van der Waals surface area contributed by atoms with Crippen LogP contribution < -0.4 is 5.32 Å². The summed E-state index contributed by atoms with van der Waals surface area (Å²) in [5.74, 6) is 0. The Labute approximate surface area is 84.4 Å². The first-order valence-corrected chi connectivity index (χ1v) is 4.78. The van der Waals surface area contributed by atoms with Crippen molar-refractivity contribution in [3.8, 4) is 0 Å². The van der Waals surface area contributed by atoms with Crippen molar-refractivity contribution in [1.29, 1.82) is 0 Å². The molecule has 0 aliphatic carbocycles. The van der Waals surface area contributed by atoms with Crippen molar-refractivity contribution in [1.82, 2.24) is 5.32 Å². The van der Waals surface area contributed by atoms with Crippen LogP contribution in [0.4, 0.5) is 0 Å². The molecule has 0 saturated carbocycles. The molecule has 70 valence electrons. The summed E-state index contributed by atoms with van der Waals surface area (Å²) in [6.45, 7) is 1.00. The van der Waals surface area contributed by atoms with Crippen molar-refractivity contribution in [2.45, 2.75) is 6.42 Å². The predicted molar refractivity (Wildman–Crippen MR) is 59.0 cm³/mol. The van der Waals surface area contributed by atoms with E-state index in [0.29, 0.717) is 0 Å². The second-order valence-corrected chi connectivity index (χ2v) is 3.22. The maximum absolute atomic E-state index is 5.97. The summed E-state index contributed by atoms with van der Waals surface area (Å²) in [6, 6.07) is 7.84. The van der Waals surface area contributed by atoms with Gasteiger partial charge in [0, 0.05) is 5.02 Å². The maximum atomic E-state index is 5.97. The van der Waals surface area contributed by atoms with Gasteiger partial charge in [0.25, 0.3) is 0 Å². The molecule has 1 aromatic rings. The number of halogens is 1. The van der Waals surface area contributed by atoms with Gasteiger partial charge in [-0.3, -0.25) is 0 Å². The van der Waals surface area contributed by atoms with Crippen molar-refractivity contribution < 1.29 is 0 Å². The van der Waals surface area contributed by atoms with Gasteiger partial charge in [-0.1, -0.05) is 42.0 Å². The molecule has 0 aromatic heterocycles. The molecule has 0 aliphatic rings. The lowest BCUT2D eigenvalue weighted by atomic mass is 10.2. The van der Waals surface area contributed by atoms with Gasteiger partial charge in [0.15, 0.2) is 0 Å². The fourth-order valence-electron chi connectivity index (χ4n) is 1.05. The Balaban J connectivity index is 2.53. The van der Waals surface area contributed by atoms with Crippen LogP contribution in [0, 0.1) is 0 Å². The first-order chi connectivity index (χ1) is 6.34. The predicted octanol–water partition coefficient (Wildman–Crippen LogP) is 2.96. The van der Waals surface area contributed by atoms with Crippen molar-refractivity contribution in [2.24, 2.45) is 0 Å². The van der Waals surface area contributed by atoms with Gasteiger partial charge in [-0.15, -0.1) is 0 Å². The van der Waals surface area contributed by atoms with Gasteiger partial charge in [-0.05, 0) is 31.6 Å². The van der Waals surface area contributed by atoms with Gasteiger partial charge in [-0.25, -0.2) is 0 Å². The smallest absolute Gasteiger partial charge is 0.0478 e. The molecule has 0 unspecified atom stereocenters. The van der Waals surface area contributed by atoms with Gasteiger partial charge in [0.2, 0.25) is 0 Å². The first kappa shape index (κ1) is 10.3. The minimum Gasteiger partial charge on any atom is -0.319 e. The van der Waals surface area contributed by atoms with Gasteiger partial charge in [0.1, 0.15) is 0 Å². The SMILES string of the molecule is CNCCC=Cc1ccccc1Cl. The lowest BCUT2D eigenvalue weighted by Gasteiger charge is -1.96.